The van der Waals surface area contributed by atoms with E-state index < -0.39 is 36.1 Å². The molecule has 13 heteroatoms. The number of ether oxygens (including phenoxy) is 1. The molecule has 3 aliphatic rings. The number of aliphatic imine (C=N–C) groups is 2. The summed E-state index contributed by atoms with van der Waals surface area (Å²) in [5.41, 5.74) is 5.12. The number of amidine groups is 1. The Morgan fingerprint density at radius 3 is 2.97 bits per heavy atom. The lowest BCUT2D eigenvalue weighted by Crippen LogP contribution is -2.55. The number of hydrogen-bond donors (Lipinski definition) is 2. The van der Waals surface area contributed by atoms with Crippen LogP contribution in [0.2, 0.25) is 0 Å². The number of rotatable bonds is 4. The zero-order valence-corrected chi connectivity index (χ0v) is 17.6. The summed E-state index contributed by atoms with van der Waals surface area (Å²) in [6, 6.07) is 0. The summed E-state index contributed by atoms with van der Waals surface area (Å²) < 4.78 is 47.9. The number of fused-ring (bicyclic) bond motifs is 1. The van der Waals surface area contributed by atoms with E-state index in [4.69, 9.17) is 19.9 Å². The summed E-state index contributed by atoms with van der Waals surface area (Å²) in [4.78, 5) is 25.3. The van der Waals surface area contributed by atoms with E-state index in [0.29, 0.717) is 17.5 Å². The fourth-order valence-corrected chi connectivity index (χ4v) is 5.86. The van der Waals surface area contributed by atoms with Crippen molar-refractivity contribution in [2.45, 2.75) is 43.8 Å². The van der Waals surface area contributed by atoms with Crippen molar-refractivity contribution in [1.29, 1.82) is 0 Å². The molecule has 0 saturated carbocycles. The van der Waals surface area contributed by atoms with Crippen LogP contribution >= 0.6 is 23.5 Å². The first-order chi connectivity index (χ1) is 14.1. The van der Waals surface area contributed by atoms with Crippen molar-refractivity contribution < 1.29 is 27.1 Å². The van der Waals surface area contributed by atoms with Crippen LogP contribution in [0.3, 0.4) is 0 Å². The second kappa shape index (κ2) is 8.08. The predicted molar refractivity (Wildman–Crippen MR) is 108 cm³/mol. The van der Waals surface area contributed by atoms with Gasteiger partial charge in [-0.05, 0) is 13.3 Å². The molecule has 0 radical (unpaired) electrons. The molecule has 0 aromatic carbocycles. The van der Waals surface area contributed by atoms with Gasteiger partial charge in [-0.1, -0.05) is 11.8 Å². The van der Waals surface area contributed by atoms with E-state index in [0.717, 1.165) is 23.5 Å². The van der Waals surface area contributed by atoms with Gasteiger partial charge in [-0.15, -0.1) is 11.8 Å². The van der Waals surface area contributed by atoms with Crippen molar-refractivity contribution in [3.63, 3.8) is 0 Å². The van der Waals surface area contributed by atoms with Crippen LogP contribution in [-0.4, -0.2) is 63.2 Å². The van der Waals surface area contributed by atoms with Crippen LogP contribution in [0.25, 0.3) is 0 Å². The molecule has 0 aliphatic carbocycles. The standard InChI is InChI=1S/C17H20F3N5O3S2/c1-8-2-9-5-30-15(21)25-16(9,7-28-8)14-24-11(6-29-14)23-13(26)10-4-27-12(22-10)3-17(18,19)20/h4,8-9,11H,2-3,5-7H2,1H3,(H2,21,25)(H,23,26)/t8-,9-,11?,16-/m0/s1. The van der Waals surface area contributed by atoms with E-state index in [2.05, 4.69) is 15.3 Å². The van der Waals surface area contributed by atoms with Gasteiger partial charge in [0.1, 0.15) is 29.4 Å². The van der Waals surface area contributed by atoms with Gasteiger partial charge in [-0.25, -0.2) is 9.98 Å². The van der Waals surface area contributed by atoms with Crippen molar-refractivity contribution in [2.75, 3.05) is 18.1 Å². The molecule has 1 saturated heterocycles. The van der Waals surface area contributed by atoms with E-state index in [1.807, 2.05) is 6.92 Å². The number of nitrogens with two attached hydrogens (primary N) is 1. The third-order valence-corrected chi connectivity index (χ3v) is 7.25. The van der Waals surface area contributed by atoms with Crippen molar-refractivity contribution in [3.8, 4) is 0 Å². The largest absolute Gasteiger partial charge is 0.448 e. The Morgan fingerprint density at radius 1 is 1.40 bits per heavy atom. The van der Waals surface area contributed by atoms with Gasteiger partial charge in [0.25, 0.3) is 5.91 Å². The molecule has 30 heavy (non-hydrogen) atoms. The van der Waals surface area contributed by atoms with Gasteiger partial charge in [-0.2, -0.15) is 13.2 Å². The highest BCUT2D eigenvalue weighted by Crippen LogP contribution is 2.43. The molecular formula is C17H20F3N5O3S2. The minimum absolute atomic E-state index is 0.124. The Morgan fingerprint density at radius 2 is 2.20 bits per heavy atom. The molecule has 1 fully saturated rings. The minimum atomic E-state index is -4.46. The summed E-state index contributed by atoms with van der Waals surface area (Å²) in [5, 5.41) is 3.92. The van der Waals surface area contributed by atoms with Gasteiger partial charge in [0.2, 0.25) is 5.89 Å². The summed E-state index contributed by atoms with van der Waals surface area (Å²) >= 11 is 3.00. The molecule has 4 atom stereocenters. The van der Waals surface area contributed by atoms with Crippen LogP contribution < -0.4 is 11.1 Å². The van der Waals surface area contributed by atoms with Gasteiger partial charge in [0.15, 0.2) is 10.9 Å². The highest BCUT2D eigenvalue weighted by molar-refractivity contribution is 8.15. The average molecular weight is 464 g/mol. The fraction of sp³-hybridized carbons (Fsp3) is 0.647. The lowest BCUT2D eigenvalue weighted by Gasteiger charge is -2.45. The summed E-state index contributed by atoms with van der Waals surface area (Å²) in [6.07, 6.45) is -4.48. The molecule has 4 rings (SSSR count). The summed E-state index contributed by atoms with van der Waals surface area (Å²) in [6.45, 7) is 2.39. The van der Waals surface area contributed by atoms with Crippen molar-refractivity contribution in [2.24, 2.45) is 21.6 Å². The normalized spacial score (nSPS) is 31.7. The fourth-order valence-electron chi connectivity index (χ4n) is 3.66. The number of halogens is 3. The minimum Gasteiger partial charge on any atom is -0.448 e. The molecule has 1 unspecified atom stereocenters. The number of aromatic nitrogens is 1. The number of oxazole rings is 1. The average Bonchev–Trinajstić information content (AvgIpc) is 3.30. The van der Waals surface area contributed by atoms with Crippen LogP contribution in [0.4, 0.5) is 13.2 Å². The van der Waals surface area contributed by atoms with Crippen molar-refractivity contribution >= 4 is 39.6 Å². The van der Waals surface area contributed by atoms with E-state index >= 15 is 0 Å². The number of thioether (sulfide) groups is 2. The Labute approximate surface area is 178 Å². The lowest BCUT2D eigenvalue weighted by atomic mass is 9.81. The number of carbonyl (C=O) groups excluding carboxylic acids is 1. The predicted octanol–water partition coefficient (Wildman–Crippen LogP) is 2.21. The zero-order valence-electron chi connectivity index (χ0n) is 15.9. The molecule has 0 bridgehead atoms. The SMILES string of the molecule is C[C@H]1C[C@H]2CSC(N)=N[C@@]2(C2=NC(NC(=O)c3coc(CC(F)(F)F)n3)CS2)CO1. The van der Waals surface area contributed by atoms with Crippen LogP contribution in [0.15, 0.2) is 20.7 Å². The quantitative estimate of drug-likeness (QED) is 0.703. The summed E-state index contributed by atoms with van der Waals surface area (Å²) in [7, 11) is 0. The second-order valence-electron chi connectivity index (χ2n) is 7.39. The third kappa shape index (κ3) is 4.47. The molecule has 3 N–H and O–H groups in total. The van der Waals surface area contributed by atoms with E-state index in [1.54, 1.807) is 0 Å². The second-order valence-corrected chi connectivity index (χ2v) is 9.44. The first-order valence-corrected chi connectivity index (χ1v) is 11.2. The number of nitrogens with zero attached hydrogens (tertiary/aromatic N) is 3. The molecule has 1 amide bonds. The van der Waals surface area contributed by atoms with Crippen molar-refractivity contribution in [3.05, 3.63) is 17.8 Å². The van der Waals surface area contributed by atoms with Gasteiger partial charge in [0.05, 0.1) is 12.7 Å². The maximum absolute atomic E-state index is 12.4. The summed E-state index contributed by atoms with van der Waals surface area (Å²) in [5.74, 6) is 0.311. The monoisotopic (exact) mass is 463 g/mol. The van der Waals surface area contributed by atoms with Gasteiger partial charge >= 0.3 is 6.18 Å². The topological polar surface area (TPSA) is 115 Å². The highest BCUT2D eigenvalue weighted by Gasteiger charge is 2.51. The molecule has 8 nitrogen and oxygen atoms in total. The van der Waals surface area contributed by atoms with Crippen LogP contribution in [0.1, 0.15) is 29.7 Å². The third-order valence-electron chi connectivity index (χ3n) is 5.08. The van der Waals surface area contributed by atoms with Crippen LogP contribution in [-0.2, 0) is 11.2 Å². The lowest BCUT2D eigenvalue weighted by molar-refractivity contribution is -0.130. The van der Waals surface area contributed by atoms with Gasteiger partial charge in [-0.3, -0.25) is 9.79 Å². The van der Waals surface area contributed by atoms with Crippen LogP contribution in [0.5, 0.6) is 0 Å². The number of nitrogens with one attached hydrogen (secondary N) is 1. The molecule has 164 valence electrons. The zero-order chi connectivity index (χ0) is 21.5. The van der Waals surface area contributed by atoms with E-state index in [1.165, 1.54) is 23.5 Å². The van der Waals surface area contributed by atoms with Gasteiger partial charge < -0.3 is 20.2 Å². The Hall–Kier alpha value is -1.73. The smallest absolute Gasteiger partial charge is 0.397 e. The molecule has 4 heterocycles. The van der Waals surface area contributed by atoms with Crippen molar-refractivity contribution in [1.82, 2.24) is 10.3 Å². The Bertz CT molecular complexity index is 890. The highest BCUT2D eigenvalue weighted by atomic mass is 32.2. The molecule has 1 aromatic rings. The molecule has 1 aromatic heterocycles. The van der Waals surface area contributed by atoms with Gasteiger partial charge in [0, 0.05) is 17.4 Å². The first-order valence-electron chi connectivity index (χ1n) is 9.27. The number of carbonyl (C=O) groups is 1. The number of alkyl halides is 3. The molecular weight excluding hydrogens is 443 g/mol. The molecule has 3 aliphatic heterocycles. The van der Waals surface area contributed by atoms with E-state index in [-0.39, 0.29) is 17.7 Å². The maximum atomic E-state index is 12.4. The first kappa shape index (κ1) is 21.5. The Kier molecular flexibility index (Phi) is 5.79. The number of amides is 1. The van der Waals surface area contributed by atoms with Crippen LogP contribution in [0, 0.1) is 5.92 Å². The van der Waals surface area contributed by atoms with E-state index in [9.17, 15) is 18.0 Å². The Balaban J connectivity index is 1.47. The molecule has 0 spiro atoms. The maximum Gasteiger partial charge on any atom is 0.397 e. The number of hydrogen-bond acceptors (Lipinski definition) is 9.